The van der Waals surface area contributed by atoms with Crippen molar-refractivity contribution in [2.75, 3.05) is 0 Å². The first kappa shape index (κ1) is 72.2. The molecule has 0 aliphatic carbocycles. The molecule has 123 heavy (non-hydrogen) atoms. The molecule has 0 aliphatic rings. The fourth-order valence-corrected chi connectivity index (χ4v) is 15.9. The number of hydrogen-bond donors (Lipinski definition) is 0. The normalized spacial score (nSPS) is 11.4. The Labute approximate surface area is 703 Å². The third kappa shape index (κ3) is 14.3. The smallest absolute Gasteiger partial charge is 0.164 e. The van der Waals surface area contributed by atoms with Crippen LogP contribution in [0.25, 0.3) is 218 Å². The maximum Gasteiger partial charge on any atom is 0.164 e. The highest BCUT2D eigenvalue weighted by Gasteiger charge is 2.22. The van der Waals surface area contributed by atoms with Crippen molar-refractivity contribution in [1.29, 1.82) is 0 Å². The van der Waals surface area contributed by atoms with Crippen LogP contribution in [0, 0.1) is 0 Å². The first-order chi connectivity index (χ1) is 60.9. The lowest BCUT2D eigenvalue weighted by Crippen LogP contribution is -2.01. The summed E-state index contributed by atoms with van der Waals surface area (Å²) in [6, 6.07) is 112. The van der Waals surface area contributed by atoms with E-state index in [9.17, 15) is 0 Å². The van der Waals surface area contributed by atoms with Gasteiger partial charge in [-0.1, -0.05) is 303 Å². The molecule has 9 heterocycles. The molecule has 0 bridgehead atoms. The van der Waals surface area contributed by atoms with Gasteiger partial charge in [-0.3, -0.25) is 15.0 Å². The number of imidazole rings is 3. The van der Waals surface area contributed by atoms with Crippen LogP contribution in [0.15, 0.2) is 402 Å². The van der Waals surface area contributed by atoms with E-state index in [-0.39, 0.29) is 0 Å². The van der Waals surface area contributed by atoms with E-state index in [0.29, 0.717) is 52.4 Å². The molecule has 0 fully saturated rings. The van der Waals surface area contributed by atoms with Gasteiger partial charge in [0.15, 0.2) is 69.4 Å². The molecule has 0 spiro atoms. The van der Waals surface area contributed by atoms with Crippen molar-refractivity contribution >= 4 is 81.6 Å². The SMILES string of the molecule is c1ccc(-c2nc(-c3ccccc3)nc(-c3ccc(-c4cn5ccncc5n4)cc3)n2)cc1.c1ccc2c(c1)cc(-c1nc(-c3ccc(-c4cn5ccncc5n4)cc3)nc(-c3cc4ccccc4c4ccccc34)n1)c1ccccc12.c1ccc2cc(-c3nc(-c4ccc(-c5cn6ccncc6n5)cc4)nc(-c4ccc5ccccc5c4)n3)ccc2c1. The van der Waals surface area contributed by atoms with Crippen molar-refractivity contribution in [1.82, 2.24) is 88.0 Å². The zero-order valence-electron chi connectivity index (χ0n) is 65.7. The van der Waals surface area contributed by atoms with Crippen molar-refractivity contribution in [3.8, 4) is 136 Å². The molecule has 0 atom stereocenters. The number of hydrogen-bond acceptors (Lipinski definition) is 15. The van der Waals surface area contributed by atoms with Crippen LogP contribution in [-0.4, -0.2) is 88.0 Å². The number of fused-ring (bicyclic) bond motifs is 11. The highest BCUT2D eigenvalue weighted by atomic mass is 15.1. The average molecular weight is 1580 g/mol. The maximum atomic E-state index is 5.26. The van der Waals surface area contributed by atoms with Crippen LogP contribution in [0.1, 0.15) is 0 Å². The maximum absolute atomic E-state index is 5.26. The van der Waals surface area contributed by atoms with Gasteiger partial charge in [-0.15, -0.1) is 0 Å². The lowest BCUT2D eigenvalue weighted by Gasteiger charge is -2.14. The summed E-state index contributed by atoms with van der Waals surface area (Å²) in [4.78, 5) is 71.4. The van der Waals surface area contributed by atoms with Crippen LogP contribution in [0.4, 0.5) is 0 Å². The summed E-state index contributed by atoms with van der Waals surface area (Å²) in [6.07, 6.45) is 22.2. The van der Waals surface area contributed by atoms with Crippen molar-refractivity contribution in [2.24, 2.45) is 0 Å². The fourth-order valence-electron chi connectivity index (χ4n) is 15.9. The van der Waals surface area contributed by atoms with Gasteiger partial charge in [-0.25, -0.2) is 59.8 Å². The van der Waals surface area contributed by atoms with E-state index in [1.54, 1.807) is 37.2 Å². The van der Waals surface area contributed by atoms with E-state index in [0.717, 1.165) is 133 Å². The van der Waals surface area contributed by atoms with Crippen molar-refractivity contribution in [3.63, 3.8) is 0 Å². The summed E-state index contributed by atoms with van der Waals surface area (Å²) in [5, 5.41) is 13.9. The number of nitrogens with zero attached hydrogens (tertiary/aromatic N) is 18. The first-order valence-corrected chi connectivity index (χ1v) is 40.2. The van der Waals surface area contributed by atoms with Crippen LogP contribution in [-0.2, 0) is 0 Å². The average Bonchev–Trinajstić information content (AvgIpc) is 1.74. The molecule has 9 aromatic heterocycles. The molecule has 18 nitrogen and oxygen atoms in total. The van der Waals surface area contributed by atoms with Crippen LogP contribution in [0.5, 0.6) is 0 Å². The van der Waals surface area contributed by atoms with E-state index in [4.69, 9.17) is 54.8 Å². The molecule has 0 saturated heterocycles. The van der Waals surface area contributed by atoms with Gasteiger partial charge in [0.05, 0.1) is 35.7 Å². The van der Waals surface area contributed by atoms with Gasteiger partial charge in [0.1, 0.15) is 0 Å². The second-order valence-electron chi connectivity index (χ2n) is 29.8. The van der Waals surface area contributed by atoms with E-state index in [2.05, 4.69) is 226 Å². The molecule has 24 rings (SSSR count). The Hall–Kier alpha value is -17.3. The molecule has 0 saturated carbocycles. The Balaban J connectivity index is 0.000000112. The van der Waals surface area contributed by atoms with E-state index >= 15 is 0 Å². The Morgan fingerprint density at radius 3 is 0.764 bits per heavy atom. The zero-order chi connectivity index (χ0) is 81.5. The number of rotatable bonds is 12. The predicted molar refractivity (Wildman–Crippen MR) is 489 cm³/mol. The lowest BCUT2D eigenvalue weighted by atomic mass is 9.96. The monoisotopic (exact) mass is 1580 g/mol. The van der Waals surface area contributed by atoms with Crippen LogP contribution >= 0.6 is 0 Å². The topological polar surface area (TPSA) is 207 Å². The second-order valence-corrected chi connectivity index (χ2v) is 29.8. The van der Waals surface area contributed by atoms with Crippen molar-refractivity contribution in [2.45, 2.75) is 0 Å². The van der Waals surface area contributed by atoms with Gasteiger partial charge in [0.2, 0.25) is 0 Å². The van der Waals surface area contributed by atoms with Crippen LogP contribution in [0.2, 0.25) is 0 Å². The Kier molecular flexibility index (Phi) is 18.4. The Morgan fingerprint density at radius 1 is 0.171 bits per heavy atom. The summed E-state index contributed by atoms with van der Waals surface area (Å²) < 4.78 is 5.90. The van der Waals surface area contributed by atoms with Crippen molar-refractivity contribution < 1.29 is 0 Å². The Bertz CT molecular complexity index is 7750. The minimum absolute atomic E-state index is 0.611. The third-order valence-corrected chi connectivity index (χ3v) is 22.1. The fraction of sp³-hybridized carbons (Fsp3) is 0. The van der Waals surface area contributed by atoms with Crippen LogP contribution < -0.4 is 0 Å². The van der Waals surface area contributed by atoms with Gasteiger partial charge in [-0.05, 0) is 88.9 Å². The minimum atomic E-state index is 0.611. The quantitative estimate of drug-likeness (QED) is 0.104. The molecular formula is C105H66N18. The molecule has 0 aliphatic heterocycles. The minimum Gasteiger partial charge on any atom is -0.304 e. The van der Waals surface area contributed by atoms with Gasteiger partial charge >= 0.3 is 0 Å². The second kappa shape index (κ2) is 31.3. The molecule has 18 heteroatoms. The summed E-state index contributed by atoms with van der Waals surface area (Å²) in [5.41, 5.74) is 16.6. The largest absolute Gasteiger partial charge is 0.304 e. The molecule has 0 amide bonds. The lowest BCUT2D eigenvalue weighted by molar-refractivity contribution is 1.07. The highest BCUT2D eigenvalue weighted by Crippen LogP contribution is 2.40. The standard InChI is InChI=1S/C43H26N6.C35H22N6.C27H18N6/c1-3-11-31-29(9-1)23-37(35-15-7-5-13-33(31)35)42-46-41(28-19-17-27(18-20-28)39-26-49-22-21-44-25-40(49)45-39)47-43(48-42)38-24-30-10-2-4-12-32(30)34-14-6-8-16-36(34)38;1-3-7-27-19-29(15-9-23(27)5-1)34-38-33(39-35(40-34)30-16-10-24-6-2-4-8-28(24)20-30)26-13-11-25(12-14-26)31-22-41-18-17-36-21-32(41)37-31;1-3-7-20(8-4-1)25-30-26(21-9-5-2-6-10-21)32-27(31-25)22-13-11-19(12-14-22)23-18-33-16-15-28-17-24(33)29-23/h1-26H;1-22H;1-18H. The molecule has 0 N–H and O–H groups in total. The molecule has 24 aromatic rings. The first-order valence-electron chi connectivity index (χ1n) is 40.2. The predicted octanol–water partition coefficient (Wildman–Crippen LogP) is 23.7. The number of benzene rings is 15. The van der Waals surface area contributed by atoms with E-state index < -0.39 is 0 Å². The van der Waals surface area contributed by atoms with Gasteiger partial charge < -0.3 is 13.2 Å². The summed E-state index contributed by atoms with van der Waals surface area (Å²) in [6.45, 7) is 0. The Morgan fingerprint density at radius 2 is 0.423 bits per heavy atom. The van der Waals surface area contributed by atoms with E-state index in [1.165, 1.54) is 32.3 Å². The van der Waals surface area contributed by atoms with Gasteiger partial charge in [0.25, 0.3) is 0 Å². The number of aromatic nitrogens is 18. The summed E-state index contributed by atoms with van der Waals surface area (Å²) in [5.74, 6) is 5.72. The summed E-state index contributed by atoms with van der Waals surface area (Å²) in [7, 11) is 0. The van der Waals surface area contributed by atoms with Crippen LogP contribution in [0.3, 0.4) is 0 Å². The summed E-state index contributed by atoms with van der Waals surface area (Å²) >= 11 is 0. The molecular weight excluding hydrogens is 1510 g/mol. The van der Waals surface area contributed by atoms with Gasteiger partial charge in [0, 0.05) is 123 Å². The molecule has 0 unspecified atom stereocenters. The van der Waals surface area contributed by atoms with Gasteiger partial charge in [-0.2, -0.15) is 0 Å². The molecule has 0 radical (unpaired) electrons. The van der Waals surface area contributed by atoms with E-state index in [1.807, 2.05) is 172 Å². The molecule has 576 valence electrons. The zero-order valence-corrected chi connectivity index (χ0v) is 65.7. The molecule has 15 aromatic carbocycles. The third-order valence-electron chi connectivity index (χ3n) is 22.1. The van der Waals surface area contributed by atoms with Crippen molar-refractivity contribution in [3.05, 3.63) is 402 Å². The highest BCUT2D eigenvalue weighted by molar-refractivity contribution is 6.15.